The molecule has 0 aliphatic carbocycles. The normalized spacial score (nSPS) is 16.1. The molecule has 26 heavy (non-hydrogen) atoms. The number of hydrogen-bond acceptors (Lipinski definition) is 5. The quantitative estimate of drug-likeness (QED) is 0.640. The van der Waals surface area contributed by atoms with Gasteiger partial charge in [0.1, 0.15) is 12.4 Å². The van der Waals surface area contributed by atoms with Crippen molar-refractivity contribution >= 4 is 11.6 Å². The summed E-state index contributed by atoms with van der Waals surface area (Å²) in [6.45, 7) is 2.06. The number of amides is 1. The zero-order valence-electron chi connectivity index (χ0n) is 14.9. The number of hydrogen-bond donors (Lipinski definition) is 1. The minimum absolute atomic E-state index is 0.170. The summed E-state index contributed by atoms with van der Waals surface area (Å²) in [5.41, 5.74) is 4.59. The summed E-state index contributed by atoms with van der Waals surface area (Å²) in [7, 11) is 1.65. The van der Waals surface area contributed by atoms with Gasteiger partial charge in [-0.25, -0.2) is 5.43 Å². The van der Waals surface area contributed by atoms with Gasteiger partial charge in [-0.2, -0.15) is 5.10 Å². The molecule has 0 radical (unpaired) electrons. The monoisotopic (exact) mass is 354 g/mol. The van der Waals surface area contributed by atoms with Crippen molar-refractivity contribution in [2.45, 2.75) is 25.9 Å². The Kier molecular flexibility index (Phi) is 5.73. The van der Waals surface area contributed by atoms with Gasteiger partial charge < -0.3 is 14.2 Å². The van der Waals surface area contributed by atoms with Crippen LogP contribution in [0.25, 0.3) is 0 Å². The van der Waals surface area contributed by atoms with Crippen LogP contribution in [0.4, 0.5) is 0 Å². The first-order valence-corrected chi connectivity index (χ1v) is 8.50. The molecule has 1 aliphatic rings. The van der Waals surface area contributed by atoms with E-state index in [1.54, 1.807) is 13.2 Å². The molecule has 2 aromatic rings. The lowest BCUT2D eigenvalue weighted by molar-refractivity contribution is -0.130. The molecule has 6 heteroatoms. The predicted octanol–water partition coefficient (Wildman–Crippen LogP) is 2.96. The van der Waals surface area contributed by atoms with Crippen LogP contribution in [-0.4, -0.2) is 31.4 Å². The van der Waals surface area contributed by atoms with Gasteiger partial charge in [0.05, 0.1) is 7.11 Å². The second kappa shape index (κ2) is 8.38. The smallest absolute Gasteiger partial charge is 0.284 e. The van der Waals surface area contributed by atoms with Crippen LogP contribution < -0.4 is 19.6 Å². The maximum absolute atomic E-state index is 12.2. The molecule has 2 aromatic carbocycles. The largest absolute Gasteiger partial charge is 0.497 e. The van der Waals surface area contributed by atoms with Crippen LogP contribution in [0, 0.1) is 0 Å². The number of para-hydroxylation sites is 2. The second-order valence-electron chi connectivity index (χ2n) is 6.04. The molecule has 0 unspecified atom stereocenters. The first kappa shape index (κ1) is 17.8. The number of fused-ring (bicyclic) bond motifs is 1. The van der Waals surface area contributed by atoms with Gasteiger partial charge >= 0.3 is 0 Å². The number of nitrogens with one attached hydrogen (secondary N) is 1. The van der Waals surface area contributed by atoms with E-state index in [1.807, 2.05) is 49.4 Å². The number of nitrogens with zero attached hydrogens (tertiary/aromatic N) is 1. The molecule has 0 aromatic heterocycles. The average molecular weight is 354 g/mol. The number of benzene rings is 2. The number of methoxy groups -OCH3 is 1. The van der Waals surface area contributed by atoms with E-state index >= 15 is 0 Å². The van der Waals surface area contributed by atoms with Gasteiger partial charge in [0, 0.05) is 5.71 Å². The number of hydrazone groups is 1. The van der Waals surface area contributed by atoms with Crippen molar-refractivity contribution < 1.29 is 19.0 Å². The number of rotatable bonds is 6. The van der Waals surface area contributed by atoms with Gasteiger partial charge in [-0.05, 0) is 49.6 Å². The Morgan fingerprint density at radius 1 is 1.19 bits per heavy atom. The highest BCUT2D eigenvalue weighted by atomic mass is 16.6. The Bertz CT molecular complexity index is 787. The van der Waals surface area contributed by atoms with Gasteiger partial charge in [0.15, 0.2) is 11.5 Å². The molecule has 1 N–H and O–H groups in total. The van der Waals surface area contributed by atoms with Gasteiger partial charge in [0.2, 0.25) is 6.10 Å². The number of ether oxygens (including phenoxy) is 3. The molecule has 0 spiro atoms. The summed E-state index contributed by atoms with van der Waals surface area (Å²) >= 11 is 0. The third kappa shape index (κ3) is 4.53. The van der Waals surface area contributed by atoms with Gasteiger partial charge in [-0.3, -0.25) is 4.79 Å². The molecule has 136 valence electrons. The van der Waals surface area contributed by atoms with Gasteiger partial charge in [-0.1, -0.05) is 24.3 Å². The minimum atomic E-state index is -0.706. The standard InChI is InChI=1S/C20H22N2O4/c1-14(7-8-15-9-11-16(24-2)12-10-15)21-22-20(23)19-13-25-17-5-3-4-6-18(17)26-19/h3-6,9-12,19H,7-8,13H2,1-2H3,(H,22,23)/b21-14-/t19-/m1/s1. The number of carbonyl (C=O) groups excluding carboxylic acids is 1. The van der Waals surface area contributed by atoms with Crippen molar-refractivity contribution in [2.75, 3.05) is 13.7 Å². The maximum atomic E-state index is 12.2. The third-order valence-electron chi connectivity index (χ3n) is 4.09. The first-order valence-electron chi connectivity index (χ1n) is 8.50. The fraction of sp³-hybridized carbons (Fsp3) is 0.300. The lowest BCUT2D eigenvalue weighted by Crippen LogP contribution is -2.42. The summed E-state index contributed by atoms with van der Waals surface area (Å²) in [5.74, 6) is 1.74. The fourth-order valence-corrected chi connectivity index (χ4v) is 2.54. The van der Waals surface area contributed by atoms with Crippen molar-refractivity contribution in [2.24, 2.45) is 5.10 Å². The Balaban J connectivity index is 1.48. The first-order chi connectivity index (χ1) is 12.7. The number of carbonyl (C=O) groups is 1. The Morgan fingerprint density at radius 2 is 1.92 bits per heavy atom. The summed E-state index contributed by atoms with van der Waals surface area (Å²) in [6, 6.07) is 15.2. The highest BCUT2D eigenvalue weighted by Gasteiger charge is 2.27. The predicted molar refractivity (Wildman–Crippen MR) is 98.9 cm³/mol. The van der Waals surface area contributed by atoms with Crippen molar-refractivity contribution in [3.63, 3.8) is 0 Å². The Hall–Kier alpha value is -3.02. The molecule has 1 amide bonds. The van der Waals surface area contributed by atoms with Crippen molar-refractivity contribution in [1.82, 2.24) is 5.43 Å². The van der Waals surface area contributed by atoms with Crippen LogP contribution in [0.15, 0.2) is 53.6 Å². The molecule has 1 aliphatic heterocycles. The van der Waals surface area contributed by atoms with Crippen LogP contribution in [-0.2, 0) is 11.2 Å². The summed E-state index contributed by atoms with van der Waals surface area (Å²) in [5, 5.41) is 4.16. The fourth-order valence-electron chi connectivity index (χ4n) is 2.54. The lowest BCUT2D eigenvalue weighted by atomic mass is 10.1. The van der Waals surface area contributed by atoms with Crippen LogP contribution in [0.2, 0.25) is 0 Å². The summed E-state index contributed by atoms with van der Waals surface area (Å²) in [4.78, 5) is 12.2. The molecular formula is C20H22N2O4. The molecular weight excluding hydrogens is 332 g/mol. The van der Waals surface area contributed by atoms with E-state index in [0.29, 0.717) is 11.5 Å². The molecule has 0 saturated carbocycles. The van der Waals surface area contributed by atoms with E-state index in [-0.39, 0.29) is 12.5 Å². The molecule has 1 atom stereocenters. The van der Waals surface area contributed by atoms with E-state index in [4.69, 9.17) is 14.2 Å². The van der Waals surface area contributed by atoms with Crippen molar-refractivity contribution in [3.05, 3.63) is 54.1 Å². The van der Waals surface area contributed by atoms with E-state index < -0.39 is 6.10 Å². The minimum Gasteiger partial charge on any atom is -0.497 e. The molecule has 0 bridgehead atoms. The van der Waals surface area contributed by atoms with E-state index in [9.17, 15) is 4.79 Å². The van der Waals surface area contributed by atoms with Crippen molar-refractivity contribution in [1.29, 1.82) is 0 Å². The summed E-state index contributed by atoms with van der Waals surface area (Å²) in [6.07, 6.45) is 0.881. The van der Waals surface area contributed by atoms with Crippen LogP contribution >= 0.6 is 0 Å². The highest BCUT2D eigenvalue weighted by molar-refractivity contribution is 5.86. The molecule has 1 heterocycles. The SMILES string of the molecule is COc1ccc(CC/C(C)=N\NC(=O)[C@H]2COc3ccccc3O2)cc1. The highest BCUT2D eigenvalue weighted by Crippen LogP contribution is 2.30. The topological polar surface area (TPSA) is 69.2 Å². The van der Waals surface area contributed by atoms with Crippen LogP contribution in [0.1, 0.15) is 18.9 Å². The molecule has 0 saturated heterocycles. The molecule has 6 nitrogen and oxygen atoms in total. The zero-order valence-corrected chi connectivity index (χ0v) is 14.9. The van der Waals surface area contributed by atoms with Gasteiger partial charge in [0.25, 0.3) is 5.91 Å². The maximum Gasteiger partial charge on any atom is 0.284 e. The number of aryl methyl sites for hydroxylation is 1. The van der Waals surface area contributed by atoms with E-state index in [1.165, 1.54) is 5.56 Å². The van der Waals surface area contributed by atoms with Crippen LogP contribution in [0.5, 0.6) is 17.2 Å². The van der Waals surface area contributed by atoms with E-state index in [2.05, 4.69) is 10.5 Å². The average Bonchev–Trinajstić information content (AvgIpc) is 2.70. The zero-order chi connectivity index (χ0) is 18.4. The van der Waals surface area contributed by atoms with Crippen LogP contribution in [0.3, 0.4) is 0 Å². The Labute approximate surface area is 152 Å². The molecule has 3 rings (SSSR count). The second-order valence-corrected chi connectivity index (χ2v) is 6.04. The lowest BCUT2D eigenvalue weighted by Gasteiger charge is -2.24. The van der Waals surface area contributed by atoms with Crippen molar-refractivity contribution in [3.8, 4) is 17.2 Å². The summed E-state index contributed by atoms with van der Waals surface area (Å²) < 4.78 is 16.3. The van der Waals surface area contributed by atoms with E-state index in [0.717, 1.165) is 24.3 Å². The third-order valence-corrected chi connectivity index (χ3v) is 4.09. The molecule has 0 fully saturated rings. The Morgan fingerprint density at radius 3 is 2.65 bits per heavy atom. The van der Waals surface area contributed by atoms with Gasteiger partial charge in [-0.15, -0.1) is 0 Å².